The molecule has 0 rings (SSSR count). The predicted octanol–water partition coefficient (Wildman–Crippen LogP) is 1.73. The number of rotatable bonds is 6. The summed E-state index contributed by atoms with van der Waals surface area (Å²) in [7, 11) is -3.47. The van der Waals surface area contributed by atoms with Crippen LogP contribution < -0.4 is 0 Å². The van der Waals surface area contributed by atoms with Gasteiger partial charge in [0.25, 0.3) is 0 Å². The average Bonchev–Trinajstić information content (AvgIpc) is 2.03. The van der Waals surface area contributed by atoms with Crippen LogP contribution in [0.1, 0.15) is 20.8 Å². The van der Waals surface area contributed by atoms with E-state index in [-0.39, 0.29) is 13.2 Å². The molecule has 6 heteroatoms. The van der Waals surface area contributed by atoms with Crippen molar-refractivity contribution in [3.05, 3.63) is 0 Å². The molecule has 13 heavy (non-hydrogen) atoms. The fraction of sp³-hybridized carbons (Fsp3) is 0.857. The van der Waals surface area contributed by atoms with E-state index in [1.165, 1.54) is 6.92 Å². The van der Waals surface area contributed by atoms with Gasteiger partial charge in [0.2, 0.25) is 0 Å². The number of carbonyl (C=O) groups is 1. The lowest BCUT2D eigenvalue weighted by atomic mass is 10.5. The number of aliphatic carboxylic acids is 1. The van der Waals surface area contributed by atoms with Crippen molar-refractivity contribution in [1.82, 2.24) is 0 Å². The monoisotopic (exact) mass is 210 g/mol. The molecule has 1 atom stereocenters. The minimum atomic E-state index is -3.47. The maximum atomic E-state index is 11.7. The molecule has 0 aliphatic carbocycles. The van der Waals surface area contributed by atoms with E-state index in [1.54, 1.807) is 13.8 Å². The highest BCUT2D eigenvalue weighted by Crippen LogP contribution is 2.52. The standard InChI is InChI=1S/C7H15O5P/c1-4-11-13(10,12-5-2)6(3)7(8)9/h6H,4-5H2,1-3H3,(H,8,9). The van der Waals surface area contributed by atoms with Gasteiger partial charge < -0.3 is 14.2 Å². The van der Waals surface area contributed by atoms with Gasteiger partial charge in [-0.05, 0) is 20.8 Å². The Morgan fingerprint density at radius 2 is 1.77 bits per heavy atom. The number of carboxylic acids is 1. The molecule has 0 heterocycles. The van der Waals surface area contributed by atoms with Crippen LogP contribution in [0, 0.1) is 0 Å². The van der Waals surface area contributed by atoms with Crippen LogP contribution >= 0.6 is 7.60 Å². The van der Waals surface area contributed by atoms with E-state index < -0.39 is 19.2 Å². The van der Waals surface area contributed by atoms with Crippen LogP contribution in [0.25, 0.3) is 0 Å². The molecule has 0 amide bonds. The molecular formula is C7H15O5P. The third kappa shape index (κ3) is 3.46. The second-order valence-corrected chi connectivity index (χ2v) is 4.76. The van der Waals surface area contributed by atoms with Gasteiger partial charge in [-0.1, -0.05) is 0 Å². The molecule has 0 aliphatic rings. The van der Waals surface area contributed by atoms with E-state index in [1.807, 2.05) is 0 Å². The highest BCUT2D eigenvalue weighted by Gasteiger charge is 2.37. The number of hydrogen-bond acceptors (Lipinski definition) is 4. The highest BCUT2D eigenvalue weighted by molar-refractivity contribution is 7.55. The van der Waals surface area contributed by atoms with Crippen LogP contribution in [-0.2, 0) is 18.4 Å². The average molecular weight is 210 g/mol. The van der Waals surface area contributed by atoms with Gasteiger partial charge in [0, 0.05) is 0 Å². The van der Waals surface area contributed by atoms with Crippen molar-refractivity contribution in [1.29, 1.82) is 0 Å². The molecule has 5 nitrogen and oxygen atoms in total. The summed E-state index contributed by atoms with van der Waals surface area (Å²) in [5.74, 6) is -1.18. The molecule has 0 saturated heterocycles. The molecule has 0 aliphatic heterocycles. The van der Waals surface area contributed by atoms with Crippen molar-refractivity contribution in [3.8, 4) is 0 Å². The van der Waals surface area contributed by atoms with Crippen LogP contribution in [0.4, 0.5) is 0 Å². The molecule has 0 radical (unpaired) electrons. The van der Waals surface area contributed by atoms with Crippen LogP contribution in [0.15, 0.2) is 0 Å². The Bertz CT molecular complexity index is 205. The third-order valence-electron chi connectivity index (χ3n) is 1.45. The van der Waals surface area contributed by atoms with Gasteiger partial charge in [-0.3, -0.25) is 9.36 Å². The second kappa shape index (κ2) is 5.37. The van der Waals surface area contributed by atoms with Crippen molar-refractivity contribution >= 4 is 13.6 Å². The van der Waals surface area contributed by atoms with Crippen molar-refractivity contribution in [2.75, 3.05) is 13.2 Å². The molecule has 0 saturated carbocycles. The Hall–Kier alpha value is -0.380. The van der Waals surface area contributed by atoms with E-state index >= 15 is 0 Å². The maximum absolute atomic E-state index is 11.7. The van der Waals surface area contributed by atoms with Crippen LogP contribution in [0.3, 0.4) is 0 Å². The lowest BCUT2D eigenvalue weighted by molar-refractivity contribution is -0.136. The van der Waals surface area contributed by atoms with E-state index in [9.17, 15) is 9.36 Å². The van der Waals surface area contributed by atoms with Crippen molar-refractivity contribution < 1.29 is 23.5 Å². The van der Waals surface area contributed by atoms with Crippen molar-refractivity contribution in [2.45, 2.75) is 26.4 Å². The first kappa shape index (κ1) is 12.6. The smallest absolute Gasteiger partial charge is 0.344 e. The van der Waals surface area contributed by atoms with Crippen molar-refractivity contribution in [2.24, 2.45) is 0 Å². The van der Waals surface area contributed by atoms with Crippen LogP contribution in [-0.4, -0.2) is 29.9 Å². The Kier molecular flexibility index (Phi) is 5.21. The second-order valence-electron chi connectivity index (χ2n) is 2.39. The first-order chi connectivity index (χ1) is 5.98. The van der Waals surface area contributed by atoms with Crippen molar-refractivity contribution in [3.63, 3.8) is 0 Å². The zero-order valence-electron chi connectivity index (χ0n) is 8.02. The molecule has 1 unspecified atom stereocenters. The first-order valence-corrected chi connectivity index (χ1v) is 5.70. The normalized spacial score (nSPS) is 14.1. The minimum Gasteiger partial charge on any atom is -0.481 e. The van der Waals surface area contributed by atoms with Gasteiger partial charge in [-0.25, -0.2) is 0 Å². The zero-order valence-corrected chi connectivity index (χ0v) is 8.91. The zero-order chi connectivity index (χ0) is 10.5. The summed E-state index contributed by atoms with van der Waals surface area (Å²) in [5.41, 5.74) is -1.12. The van der Waals surface area contributed by atoms with E-state index in [2.05, 4.69) is 0 Å². The Balaban J connectivity index is 4.57. The van der Waals surface area contributed by atoms with E-state index in [0.29, 0.717) is 0 Å². The summed E-state index contributed by atoms with van der Waals surface area (Å²) in [4.78, 5) is 10.6. The maximum Gasteiger partial charge on any atom is 0.344 e. The van der Waals surface area contributed by atoms with Gasteiger partial charge in [0.05, 0.1) is 13.2 Å². The lowest BCUT2D eigenvalue weighted by Gasteiger charge is -2.19. The molecule has 0 fully saturated rings. The molecular weight excluding hydrogens is 195 g/mol. The van der Waals surface area contributed by atoms with Crippen LogP contribution in [0.5, 0.6) is 0 Å². The summed E-state index contributed by atoms with van der Waals surface area (Å²) in [6, 6.07) is 0. The fourth-order valence-electron chi connectivity index (χ4n) is 0.756. The van der Waals surface area contributed by atoms with E-state index in [4.69, 9.17) is 14.2 Å². The quantitative estimate of drug-likeness (QED) is 0.676. The van der Waals surface area contributed by atoms with E-state index in [0.717, 1.165) is 0 Å². The first-order valence-electron chi connectivity index (χ1n) is 4.09. The van der Waals surface area contributed by atoms with Gasteiger partial charge in [-0.15, -0.1) is 0 Å². The minimum absolute atomic E-state index is 0.175. The summed E-state index contributed by atoms with van der Waals surface area (Å²) in [6.07, 6.45) is 0. The van der Waals surface area contributed by atoms with Gasteiger partial charge in [0.15, 0.2) is 5.66 Å². The molecule has 0 aromatic carbocycles. The third-order valence-corrected chi connectivity index (χ3v) is 3.86. The summed E-state index contributed by atoms with van der Waals surface area (Å²) in [5, 5.41) is 8.64. The van der Waals surface area contributed by atoms with Crippen LogP contribution in [0.2, 0.25) is 0 Å². The van der Waals surface area contributed by atoms with Gasteiger partial charge in [0.1, 0.15) is 0 Å². The molecule has 1 N–H and O–H groups in total. The highest BCUT2D eigenvalue weighted by atomic mass is 31.2. The molecule has 0 spiro atoms. The fourth-order valence-corrected chi connectivity index (χ4v) is 2.27. The predicted molar refractivity (Wildman–Crippen MR) is 48.0 cm³/mol. The summed E-state index contributed by atoms with van der Waals surface area (Å²) < 4.78 is 21.4. The van der Waals surface area contributed by atoms with Gasteiger partial charge in [-0.2, -0.15) is 0 Å². The topological polar surface area (TPSA) is 72.8 Å². The number of carboxylic acid groups (broad SMARTS) is 1. The Morgan fingerprint density at radius 3 is 2.00 bits per heavy atom. The SMILES string of the molecule is CCOP(=O)(OCC)C(C)C(=O)O. The molecule has 0 aromatic rings. The summed E-state index contributed by atoms with van der Waals surface area (Å²) >= 11 is 0. The Labute approximate surface area is 77.6 Å². The van der Waals surface area contributed by atoms with Gasteiger partial charge >= 0.3 is 13.6 Å². The molecule has 0 bridgehead atoms. The molecule has 78 valence electrons. The lowest BCUT2D eigenvalue weighted by Crippen LogP contribution is -2.19. The largest absolute Gasteiger partial charge is 0.481 e. The number of hydrogen-bond donors (Lipinski definition) is 1. The summed E-state index contributed by atoms with van der Waals surface area (Å²) in [6.45, 7) is 4.94. The molecule has 0 aromatic heterocycles. The Morgan fingerprint density at radius 1 is 1.38 bits per heavy atom.